The van der Waals surface area contributed by atoms with Gasteiger partial charge in [-0.3, -0.25) is 14.9 Å². The van der Waals surface area contributed by atoms with E-state index in [0.29, 0.717) is 11.8 Å². The molecule has 7 nitrogen and oxygen atoms in total. The molecule has 8 heteroatoms. The summed E-state index contributed by atoms with van der Waals surface area (Å²) < 4.78 is 5.25. The highest BCUT2D eigenvalue weighted by Crippen LogP contribution is 2.29. The second-order valence-electron chi connectivity index (χ2n) is 6.44. The summed E-state index contributed by atoms with van der Waals surface area (Å²) in [5.41, 5.74) is -0.203. The molecule has 1 aliphatic rings. The molecule has 0 spiro atoms. The van der Waals surface area contributed by atoms with Gasteiger partial charge in [0, 0.05) is 12.1 Å². The van der Waals surface area contributed by atoms with E-state index in [2.05, 4.69) is 35.1 Å². The van der Waals surface area contributed by atoms with Crippen LogP contribution in [0.15, 0.2) is 22.7 Å². The summed E-state index contributed by atoms with van der Waals surface area (Å²) in [7, 11) is 0. The summed E-state index contributed by atoms with van der Waals surface area (Å²) in [4.78, 5) is 34.3. The van der Waals surface area contributed by atoms with Crippen LogP contribution in [0.1, 0.15) is 43.5 Å². The molecule has 0 radical (unpaired) electrons. The highest BCUT2D eigenvalue weighted by atomic mass is 79.9. The molecule has 0 bridgehead atoms. The minimum atomic E-state index is -0.768. The summed E-state index contributed by atoms with van der Waals surface area (Å²) in [6, 6.07) is 4.01. The maximum Gasteiger partial charge on any atom is 0.338 e. The number of nitro benzene ring substituents is 1. The zero-order valence-corrected chi connectivity index (χ0v) is 15.7. The van der Waals surface area contributed by atoms with E-state index in [9.17, 15) is 19.7 Å². The standard InChI is InChI=1S/C17H21BrN2O5/c1-10-4-3-5-14(11(10)2)19-16(21)9-25-17(22)12-6-7-13(18)15(8-12)20(23)24/h6-8,10-11,14H,3-5,9H2,1-2H3,(H,19,21)/t10-,11-,14-/m1/s1. The summed E-state index contributed by atoms with van der Waals surface area (Å²) >= 11 is 3.05. The molecule has 1 fully saturated rings. The van der Waals surface area contributed by atoms with Crippen LogP contribution < -0.4 is 5.32 Å². The van der Waals surface area contributed by atoms with Gasteiger partial charge >= 0.3 is 5.97 Å². The Balaban J connectivity index is 1.90. The third kappa shape index (κ3) is 5.01. The van der Waals surface area contributed by atoms with Crippen LogP contribution in [0.25, 0.3) is 0 Å². The van der Waals surface area contributed by atoms with E-state index in [1.807, 2.05) is 0 Å². The number of carbonyl (C=O) groups is 2. The van der Waals surface area contributed by atoms with E-state index in [1.54, 1.807) is 0 Å². The van der Waals surface area contributed by atoms with Crippen molar-refractivity contribution in [2.45, 2.75) is 39.2 Å². The molecule has 0 aliphatic heterocycles. The molecule has 1 saturated carbocycles. The van der Waals surface area contributed by atoms with Gasteiger partial charge in [-0.25, -0.2) is 4.79 Å². The molecule has 1 aliphatic carbocycles. The van der Waals surface area contributed by atoms with Crippen molar-refractivity contribution in [3.8, 4) is 0 Å². The molecule has 0 heterocycles. The molecule has 1 aromatic rings. The van der Waals surface area contributed by atoms with Crippen molar-refractivity contribution in [2.75, 3.05) is 6.61 Å². The lowest BCUT2D eigenvalue weighted by Crippen LogP contribution is -2.45. The predicted molar refractivity (Wildman–Crippen MR) is 95.2 cm³/mol. The highest BCUT2D eigenvalue weighted by molar-refractivity contribution is 9.10. The Morgan fingerprint density at radius 1 is 1.36 bits per heavy atom. The maximum atomic E-state index is 12.0. The molecule has 0 unspecified atom stereocenters. The first-order valence-corrected chi connectivity index (χ1v) is 8.99. The molecule has 0 saturated heterocycles. The molecule has 1 aromatic carbocycles. The number of esters is 1. The van der Waals surface area contributed by atoms with Gasteiger partial charge in [0.25, 0.3) is 11.6 Å². The predicted octanol–water partition coefficient (Wildman–Crippen LogP) is 3.46. The summed E-state index contributed by atoms with van der Waals surface area (Å²) in [5.74, 6) is -0.200. The van der Waals surface area contributed by atoms with Crippen LogP contribution in [-0.4, -0.2) is 29.4 Å². The third-order valence-electron chi connectivity index (χ3n) is 4.77. The van der Waals surface area contributed by atoms with Crippen LogP contribution in [0.4, 0.5) is 5.69 Å². The second-order valence-corrected chi connectivity index (χ2v) is 7.30. The van der Waals surface area contributed by atoms with Crippen molar-refractivity contribution >= 4 is 33.5 Å². The van der Waals surface area contributed by atoms with Gasteiger partial charge in [-0.05, 0) is 46.3 Å². The zero-order chi connectivity index (χ0) is 18.6. The zero-order valence-electron chi connectivity index (χ0n) is 14.2. The number of hydrogen-bond donors (Lipinski definition) is 1. The lowest BCUT2D eigenvalue weighted by molar-refractivity contribution is -0.385. The Hall–Kier alpha value is -1.96. The van der Waals surface area contributed by atoms with Crippen LogP contribution >= 0.6 is 15.9 Å². The van der Waals surface area contributed by atoms with E-state index < -0.39 is 17.5 Å². The van der Waals surface area contributed by atoms with Gasteiger partial charge in [-0.15, -0.1) is 0 Å². The van der Waals surface area contributed by atoms with Crippen molar-refractivity contribution in [3.63, 3.8) is 0 Å². The Bertz CT molecular complexity index is 679. The van der Waals surface area contributed by atoms with Crippen LogP contribution in [0.2, 0.25) is 0 Å². The first-order chi connectivity index (χ1) is 11.8. The molecule has 1 N–H and O–H groups in total. The summed E-state index contributed by atoms with van der Waals surface area (Å²) in [6.07, 6.45) is 3.15. The Morgan fingerprint density at radius 2 is 2.08 bits per heavy atom. The van der Waals surface area contributed by atoms with Gasteiger partial charge in [-0.1, -0.05) is 26.7 Å². The van der Waals surface area contributed by atoms with E-state index in [1.165, 1.54) is 12.1 Å². The first kappa shape index (κ1) is 19.4. The minimum Gasteiger partial charge on any atom is -0.452 e. The molecular formula is C17H21BrN2O5. The number of ether oxygens (including phenoxy) is 1. The van der Waals surface area contributed by atoms with Gasteiger partial charge in [-0.2, -0.15) is 0 Å². The van der Waals surface area contributed by atoms with Crippen molar-refractivity contribution in [1.29, 1.82) is 0 Å². The Kier molecular flexibility index (Phi) is 6.52. The summed E-state index contributed by atoms with van der Waals surface area (Å²) in [5, 5.41) is 13.8. The quantitative estimate of drug-likeness (QED) is 0.453. The number of nitrogens with one attached hydrogen (secondary N) is 1. The maximum absolute atomic E-state index is 12.0. The second kappa shape index (κ2) is 8.42. The van der Waals surface area contributed by atoms with Gasteiger partial charge in [0.1, 0.15) is 0 Å². The van der Waals surface area contributed by atoms with E-state index in [0.717, 1.165) is 25.3 Å². The number of halogens is 1. The van der Waals surface area contributed by atoms with Gasteiger partial charge in [0.05, 0.1) is 15.0 Å². The number of nitrogens with zero attached hydrogens (tertiary/aromatic N) is 1. The SMILES string of the molecule is C[C@@H]1[C@H](C)CCC[C@H]1NC(=O)COC(=O)c1ccc(Br)c([N+](=O)[O-])c1. The van der Waals surface area contributed by atoms with Crippen LogP contribution in [0, 0.1) is 22.0 Å². The molecule has 0 aromatic heterocycles. The van der Waals surface area contributed by atoms with Gasteiger partial charge in [0.15, 0.2) is 6.61 Å². The lowest BCUT2D eigenvalue weighted by atomic mass is 9.78. The number of nitro groups is 1. The Morgan fingerprint density at radius 3 is 2.76 bits per heavy atom. The van der Waals surface area contributed by atoms with Crippen LogP contribution in [-0.2, 0) is 9.53 Å². The fourth-order valence-corrected chi connectivity index (χ4v) is 3.42. The third-order valence-corrected chi connectivity index (χ3v) is 5.44. The average molecular weight is 413 g/mol. The number of rotatable bonds is 5. The molecule has 25 heavy (non-hydrogen) atoms. The van der Waals surface area contributed by atoms with Crippen LogP contribution in [0.3, 0.4) is 0 Å². The number of benzene rings is 1. The normalized spacial score (nSPS) is 22.9. The highest BCUT2D eigenvalue weighted by Gasteiger charge is 2.28. The summed E-state index contributed by atoms with van der Waals surface area (Å²) in [6.45, 7) is 3.88. The number of hydrogen-bond acceptors (Lipinski definition) is 5. The van der Waals surface area contributed by atoms with E-state index in [4.69, 9.17) is 4.74 Å². The van der Waals surface area contributed by atoms with E-state index >= 15 is 0 Å². The monoisotopic (exact) mass is 412 g/mol. The lowest BCUT2D eigenvalue weighted by Gasteiger charge is -2.34. The fourth-order valence-electron chi connectivity index (χ4n) is 3.03. The topological polar surface area (TPSA) is 98.5 Å². The van der Waals surface area contributed by atoms with Crippen molar-refractivity contribution < 1.29 is 19.2 Å². The first-order valence-electron chi connectivity index (χ1n) is 8.20. The van der Waals surface area contributed by atoms with Gasteiger partial charge in [0.2, 0.25) is 0 Å². The molecule has 136 valence electrons. The largest absolute Gasteiger partial charge is 0.452 e. The van der Waals surface area contributed by atoms with Crippen molar-refractivity contribution in [2.24, 2.45) is 11.8 Å². The number of amides is 1. The van der Waals surface area contributed by atoms with Crippen LogP contribution in [0.5, 0.6) is 0 Å². The van der Waals surface area contributed by atoms with Gasteiger partial charge < -0.3 is 10.1 Å². The molecule has 2 rings (SSSR count). The Labute approximate surface area is 154 Å². The molecule has 3 atom stereocenters. The molecule has 1 amide bonds. The van der Waals surface area contributed by atoms with E-state index in [-0.39, 0.29) is 27.7 Å². The van der Waals surface area contributed by atoms with Crippen molar-refractivity contribution in [3.05, 3.63) is 38.3 Å². The fraction of sp³-hybridized carbons (Fsp3) is 0.529. The van der Waals surface area contributed by atoms with Crippen molar-refractivity contribution in [1.82, 2.24) is 5.32 Å². The minimum absolute atomic E-state index is 0.0300. The molecular weight excluding hydrogens is 392 g/mol. The average Bonchev–Trinajstić information content (AvgIpc) is 2.57. The smallest absolute Gasteiger partial charge is 0.338 e. The number of carbonyl (C=O) groups excluding carboxylic acids is 2.